The van der Waals surface area contributed by atoms with E-state index in [-0.39, 0.29) is 24.2 Å². The zero-order chi connectivity index (χ0) is 26.4. The Kier molecular flexibility index (Phi) is 8.45. The van der Waals surface area contributed by atoms with Gasteiger partial charge in [0.15, 0.2) is 0 Å². The first-order valence-corrected chi connectivity index (χ1v) is 13.1. The molecular formula is C28H29FN4O3S. The van der Waals surface area contributed by atoms with E-state index in [9.17, 15) is 18.8 Å². The summed E-state index contributed by atoms with van der Waals surface area (Å²) in [7, 11) is 0. The van der Waals surface area contributed by atoms with Gasteiger partial charge < -0.3 is 21.3 Å². The first kappa shape index (κ1) is 26.2. The summed E-state index contributed by atoms with van der Waals surface area (Å²) in [6, 6.07) is 18.6. The number of nitrogens with two attached hydrogens (primary N) is 1. The van der Waals surface area contributed by atoms with Crippen LogP contribution >= 0.6 is 11.8 Å². The smallest absolute Gasteiger partial charge is 0.312 e. The van der Waals surface area contributed by atoms with E-state index in [0.29, 0.717) is 35.7 Å². The summed E-state index contributed by atoms with van der Waals surface area (Å²) in [5, 5.41) is 5.47. The van der Waals surface area contributed by atoms with Crippen LogP contribution < -0.4 is 21.3 Å². The Morgan fingerprint density at radius 2 is 1.86 bits per heavy atom. The maximum Gasteiger partial charge on any atom is 0.312 e. The molecular weight excluding hydrogens is 491 g/mol. The van der Waals surface area contributed by atoms with E-state index in [0.717, 1.165) is 22.3 Å². The lowest BCUT2D eigenvalue weighted by atomic mass is 9.98. The first-order chi connectivity index (χ1) is 17.9. The zero-order valence-corrected chi connectivity index (χ0v) is 21.3. The quantitative estimate of drug-likeness (QED) is 0.404. The summed E-state index contributed by atoms with van der Waals surface area (Å²) in [5.74, 6) is -0.446. The van der Waals surface area contributed by atoms with Gasteiger partial charge in [0.05, 0.1) is 12.2 Å². The third kappa shape index (κ3) is 6.48. The number of rotatable bonds is 8. The number of nitrogens with one attached hydrogen (secondary N) is 2. The van der Waals surface area contributed by atoms with Crippen molar-refractivity contribution in [1.82, 2.24) is 10.6 Å². The number of amides is 4. The number of carbonyl (C=O) groups is 3. The van der Waals surface area contributed by atoms with Gasteiger partial charge in [0.1, 0.15) is 11.9 Å². The summed E-state index contributed by atoms with van der Waals surface area (Å²) in [6.45, 7) is 2.49. The average molecular weight is 521 g/mol. The van der Waals surface area contributed by atoms with Crippen molar-refractivity contribution in [2.45, 2.75) is 43.8 Å². The van der Waals surface area contributed by atoms with Crippen LogP contribution in [0.25, 0.3) is 11.1 Å². The van der Waals surface area contributed by atoms with Gasteiger partial charge in [0.25, 0.3) is 5.91 Å². The fraction of sp³-hybridized carbons (Fsp3) is 0.250. The van der Waals surface area contributed by atoms with Crippen molar-refractivity contribution < 1.29 is 18.8 Å². The predicted octanol–water partition coefficient (Wildman–Crippen LogP) is 4.58. The number of hydrogen-bond acceptors (Lipinski definition) is 4. The second-order valence-electron chi connectivity index (χ2n) is 8.79. The number of urea groups is 1. The number of thioether (sulfide) groups is 1. The minimum Gasteiger partial charge on any atom is -0.352 e. The van der Waals surface area contributed by atoms with Crippen molar-refractivity contribution in [3.8, 4) is 11.1 Å². The van der Waals surface area contributed by atoms with Gasteiger partial charge in [-0.2, -0.15) is 0 Å². The van der Waals surface area contributed by atoms with Gasteiger partial charge in [-0.25, -0.2) is 9.18 Å². The topological polar surface area (TPSA) is 105 Å². The summed E-state index contributed by atoms with van der Waals surface area (Å²) in [4.78, 5) is 39.3. The molecule has 0 spiro atoms. The van der Waals surface area contributed by atoms with E-state index in [1.54, 1.807) is 11.0 Å². The molecule has 4 amide bonds. The summed E-state index contributed by atoms with van der Waals surface area (Å²) in [5.41, 5.74) is 9.57. The van der Waals surface area contributed by atoms with Crippen LogP contribution in [0, 0.1) is 5.82 Å². The second-order valence-corrected chi connectivity index (χ2v) is 9.85. The Labute approximate surface area is 219 Å². The van der Waals surface area contributed by atoms with E-state index in [1.165, 1.54) is 23.9 Å². The van der Waals surface area contributed by atoms with Gasteiger partial charge in [-0.3, -0.25) is 9.59 Å². The molecule has 9 heteroatoms. The Balaban J connectivity index is 1.60. The lowest BCUT2D eigenvalue weighted by molar-refractivity contribution is -0.127. The first-order valence-electron chi connectivity index (χ1n) is 12.1. The number of halogens is 1. The van der Waals surface area contributed by atoms with Crippen molar-refractivity contribution >= 4 is 35.3 Å². The fourth-order valence-corrected chi connectivity index (χ4v) is 5.34. The van der Waals surface area contributed by atoms with Crippen molar-refractivity contribution in [2.75, 3.05) is 10.7 Å². The Morgan fingerprint density at radius 3 is 2.59 bits per heavy atom. The number of anilines is 1. The van der Waals surface area contributed by atoms with Gasteiger partial charge in [-0.15, -0.1) is 11.8 Å². The van der Waals surface area contributed by atoms with Crippen LogP contribution in [-0.4, -0.2) is 29.6 Å². The molecule has 0 unspecified atom stereocenters. The van der Waals surface area contributed by atoms with Crippen LogP contribution in [0.1, 0.15) is 30.9 Å². The van der Waals surface area contributed by atoms with E-state index >= 15 is 0 Å². The number of primary amides is 1. The molecule has 1 aliphatic heterocycles. The lowest BCUT2D eigenvalue weighted by Crippen LogP contribution is -2.49. The predicted molar refractivity (Wildman–Crippen MR) is 143 cm³/mol. The third-order valence-corrected chi connectivity index (χ3v) is 7.21. The molecule has 7 nitrogen and oxygen atoms in total. The molecule has 0 saturated heterocycles. The fourth-order valence-electron chi connectivity index (χ4n) is 4.25. The molecule has 3 aromatic rings. The summed E-state index contributed by atoms with van der Waals surface area (Å²) in [6.07, 6.45) is 1.02. The monoisotopic (exact) mass is 520 g/mol. The van der Waals surface area contributed by atoms with Crippen LogP contribution in [0.5, 0.6) is 0 Å². The van der Waals surface area contributed by atoms with Gasteiger partial charge in [-0.1, -0.05) is 55.5 Å². The molecule has 0 fully saturated rings. The van der Waals surface area contributed by atoms with Crippen LogP contribution in [0.15, 0.2) is 71.6 Å². The van der Waals surface area contributed by atoms with E-state index in [1.807, 2.05) is 55.5 Å². The Hall–Kier alpha value is -3.85. The molecule has 192 valence electrons. The number of carbonyl (C=O) groups excluding carboxylic acids is 3. The highest BCUT2D eigenvalue weighted by atomic mass is 32.2. The highest BCUT2D eigenvalue weighted by Gasteiger charge is 2.32. The van der Waals surface area contributed by atoms with Crippen molar-refractivity contribution in [2.24, 2.45) is 5.73 Å². The molecule has 0 aromatic heterocycles. The molecule has 0 saturated carbocycles. The SMILES string of the molecule is CCCC(=O)N[C@@H]1CSc2cc(F)ccc2N(Cc2ccc(-c3ccccc3CNC(N)=O)cc2)C1=O. The van der Waals surface area contributed by atoms with Crippen LogP contribution in [-0.2, 0) is 22.7 Å². The maximum absolute atomic E-state index is 14.0. The summed E-state index contributed by atoms with van der Waals surface area (Å²) < 4.78 is 14.0. The third-order valence-electron chi connectivity index (χ3n) is 6.07. The standard InChI is InChI=1S/C28H29FN4O3S/c1-2-5-26(34)32-23-17-37-25-14-21(29)12-13-24(25)33(27(23)35)16-18-8-10-19(11-9-18)22-7-4-3-6-20(22)15-31-28(30)36/h3-4,6-14,23H,2,5,15-17H2,1H3,(H,32,34)(H3,30,31,36)/t23-/m1/s1. The average Bonchev–Trinajstić information content (AvgIpc) is 3.00. The highest BCUT2D eigenvalue weighted by Crippen LogP contribution is 2.36. The minimum absolute atomic E-state index is 0.174. The van der Waals surface area contributed by atoms with E-state index in [4.69, 9.17) is 5.73 Å². The number of fused-ring (bicyclic) bond motifs is 1. The molecule has 3 aromatic carbocycles. The number of hydrogen-bond donors (Lipinski definition) is 3. The van der Waals surface area contributed by atoms with Crippen molar-refractivity contribution in [1.29, 1.82) is 0 Å². The van der Waals surface area contributed by atoms with Crippen molar-refractivity contribution in [3.05, 3.63) is 83.7 Å². The Morgan fingerprint density at radius 1 is 1.11 bits per heavy atom. The molecule has 1 aliphatic rings. The summed E-state index contributed by atoms with van der Waals surface area (Å²) >= 11 is 1.36. The van der Waals surface area contributed by atoms with Gasteiger partial charge in [0.2, 0.25) is 5.91 Å². The highest BCUT2D eigenvalue weighted by molar-refractivity contribution is 7.99. The van der Waals surface area contributed by atoms with Gasteiger partial charge in [-0.05, 0) is 46.9 Å². The second kappa shape index (κ2) is 11.9. The molecule has 1 heterocycles. The van der Waals surface area contributed by atoms with Crippen LogP contribution in [0.3, 0.4) is 0 Å². The van der Waals surface area contributed by atoms with E-state index < -0.39 is 12.1 Å². The number of benzene rings is 3. The van der Waals surface area contributed by atoms with Gasteiger partial charge >= 0.3 is 6.03 Å². The normalized spacial score (nSPS) is 15.0. The van der Waals surface area contributed by atoms with Crippen LogP contribution in [0.4, 0.5) is 14.9 Å². The van der Waals surface area contributed by atoms with Crippen LogP contribution in [0.2, 0.25) is 0 Å². The molecule has 0 radical (unpaired) electrons. The zero-order valence-electron chi connectivity index (χ0n) is 20.5. The molecule has 0 aliphatic carbocycles. The van der Waals surface area contributed by atoms with Crippen molar-refractivity contribution in [3.63, 3.8) is 0 Å². The largest absolute Gasteiger partial charge is 0.352 e. The molecule has 4 rings (SSSR count). The molecule has 37 heavy (non-hydrogen) atoms. The Bertz CT molecular complexity index is 1300. The minimum atomic E-state index is -0.705. The molecule has 1 atom stereocenters. The van der Waals surface area contributed by atoms with E-state index in [2.05, 4.69) is 10.6 Å². The maximum atomic E-state index is 14.0. The molecule has 0 bridgehead atoms. The molecule has 4 N–H and O–H groups in total. The number of nitrogens with zero attached hydrogens (tertiary/aromatic N) is 1. The lowest BCUT2D eigenvalue weighted by Gasteiger charge is -2.26. The van der Waals surface area contributed by atoms with Gasteiger partial charge in [0, 0.05) is 23.6 Å².